The molecule has 2 aromatic carbocycles. The van der Waals surface area contributed by atoms with Gasteiger partial charge in [-0.3, -0.25) is 14.9 Å². The van der Waals surface area contributed by atoms with Gasteiger partial charge >= 0.3 is 0 Å². The largest absolute Gasteiger partial charge is 0.320 e. The van der Waals surface area contributed by atoms with E-state index >= 15 is 0 Å². The van der Waals surface area contributed by atoms with Gasteiger partial charge in [0.2, 0.25) is 5.91 Å². The number of nitrogens with one attached hydrogen (secondary N) is 1. The number of hydrogen-bond donors (Lipinski definition) is 1. The van der Waals surface area contributed by atoms with Gasteiger partial charge in [0.1, 0.15) is 5.69 Å². The SMILES string of the molecule is Cc1cc(NC(=O)CCc2ccccc2)c([N+](=O)[O-])cc1C. The lowest BCUT2D eigenvalue weighted by Gasteiger charge is -2.09. The van der Waals surface area contributed by atoms with Crippen molar-refractivity contribution in [2.45, 2.75) is 26.7 Å². The van der Waals surface area contributed by atoms with Gasteiger partial charge in [-0.1, -0.05) is 30.3 Å². The van der Waals surface area contributed by atoms with E-state index in [1.54, 1.807) is 6.07 Å². The van der Waals surface area contributed by atoms with E-state index in [9.17, 15) is 14.9 Å². The Hall–Kier alpha value is -2.69. The topological polar surface area (TPSA) is 72.2 Å². The molecule has 0 aromatic heterocycles. The molecular weight excluding hydrogens is 280 g/mol. The quantitative estimate of drug-likeness (QED) is 0.674. The summed E-state index contributed by atoms with van der Waals surface area (Å²) in [6, 6.07) is 12.8. The molecule has 0 unspecified atom stereocenters. The minimum atomic E-state index is -0.473. The van der Waals surface area contributed by atoms with E-state index in [1.807, 2.05) is 44.2 Å². The molecule has 1 amide bonds. The van der Waals surface area contributed by atoms with Crippen LogP contribution in [0, 0.1) is 24.0 Å². The summed E-state index contributed by atoms with van der Waals surface area (Å²) < 4.78 is 0. The molecule has 2 rings (SSSR count). The molecule has 5 nitrogen and oxygen atoms in total. The smallest absolute Gasteiger partial charge is 0.293 e. The van der Waals surface area contributed by atoms with Gasteiger partial charge in [0.15, 0.2) is 0 Å². The van der Waals surface area contributed by atoms with Gasteiger partial charge < -0.3 is 5.32 Å². The van der Waals surface area contributed by atoms with Gasteiger partial charge in [-0.15, -0.1) is 0 Å². The van der Waals surface area contributed by atoms with Crippen LogP contribution in [0.3, 0.4) is 0 Å². The molecule has 114 valence electrons. The Bertz CT molecular complexity index is 697. The molecule has 0 aliphatic heterocycles. The fourth-order valence-corrected chi connectivity index (χ4v) is 2.17. The molecule has 0 bridgehead atoms. The van der Waals surface area contributed by atoms with Gasteiger partial charge in [0, 0.05) is 12.5 Å². The summed E-state index contributed by atoms with van der Waals surface area (Å²) in [6.07, 6.45) is 0.888. The second kappa shape index (κ2) is 6.85. The number of benzene rings is 2. The van der Waals surface area contributed by atoms with Crippen molar-refractivity contribution in [3.8, 4) is 0 Å². The fourth-order valence-electron chi connectivity index (χ4n) is 2.17. The number of nitrogens with zero attached hydrogens (tertiary/aromatic N) is 1. The maximum absolute atomic E-state index is 12.0. The van der Waals surface area contributed by atoms with Crippen LogP contribution in [0.2, 0.25) is 0 Å². The van der Waals surface area contributed by atoms with E-state index in [1.165, 1.54) is 6.07 Å². The number of anilines is 1. The summed E-state index contributed by atoms with van der Waals surface area (Å²) in [7, 11) is 0. The lowest BCUT2D eigenvalue weighted by Crippen LogP contribution is -2.14. The van der Waals surface area contributed by atoms with E-state index in [2.05, 4.69) is 5.32 Å². The number of hydrogen-bond acceptors (Lipinski definition) is 3. The van der Waals surface area contributed by atoms with E-state index in [4.69, 9.17) is 0 Å². The summed E-state index contributed by atoms with van der Waals surface area (Å²) in [6.45, 7) is 3.67. The molecule has 0 aliphatic carbocycles. The van der Waals surface area contributed by atoms with E-state index in [0.717, 1.165) is 16.7 Å². The molecule has 22 heavy (non-hydrogen) atoms. The molecule has 2 aromatic rings. The highest BCUT2D eigenvalue weighted by Crippen LogP contribution is 2.28. The lowest BCUT2D eigenvalue weighted by molar-refractivity contribution is -0.384. The number of aryl methyl sites for hydroxylation is 3. The predicted molar refractivity (Wildman–Crippen MR) is 86.0 cm³/mol. The minimum absolute atomic E-state index is 0.0730. The van der Waals surface area contributed by atoms with E-state index < -0.39 is 4.92 Å². The fraction of sp³-hybridized carbons (Fsp3) is 0.235. The van der Waals surface area contributed by atoms with Crippen LogP contribution < -0.4 is 5.32 Å². The van der Waals surface area contributed by atoms with Crippen LogP contribution in [-0.2, 0) is 11.2 Å². The highest BCUT2D eigenvalue weighted by Gasteiger charge is 2.17. The van der Waals surface area contributed by atoms with Crippen LogP contribution in [0.15, 0.2) is 42.5 Å². The molecule has 0 spiro atoms. The Balaban J connectivity index is 2.08. The Morgan fingerprint density at radius 1 is 1.14 bits per heavy atom. The number of carbonyl (C=O) groups excluding carboxylic acids is 1. The van der Waals surface area contributed by atoms with Crippen LogP contribution in [0.5, 0.6) is 0 Å². The van der Waals surface area contributed by atoms with Crippen LogP contribution in [0.25, 0.3) is 0 Å². The zero-order valence-corrected chi connectivity index (χ0v) is 12.6. The molecule has 0 atom stereocenters. The maximum Gasteiger partial charge on any atom is 0.293 e. The van der Waals surface area contributed by atoms with Crippen molar-refractivity contribution in [2.24, 2.45) is 0 Å². The third-order valence-corrected chi connectivity index (χ3v) is 3.57. The third kappa shape index (κ3) is 3.91. The van der Waals surface area contributed by atoms with E-state index in [-0.39, 0.29) is 23.7 Å². The second-order valence-corrected chi connectivity index (χ2v) is 5.24. The van der Waals surface area contributed by atoms with Gasteiger partial charge in [0.05, 0.1) is 4.92 Å². The van der Waals surface area contributed by atoms with Crippen LogP contribution in [0.1, 0.15) is 23.1 Å². The Labute approximate surface area is 129 Å². The summed E-state index contributed by atoms with van der Waals surface area (Å²) in [5, 5.41) is 13.7. The van der Waals surface area contributed by atoms with Gasteiger partial charge in [-0.05, 0) is 43.0 Å². The van der Waals surface area contributed by atoms with Crippen molar-refractivity contribution in [1.29, 1.82) is 0 Å². The van der Waals surface area contributed by atoms with Crippen molar-refractivity contribution in [2.75, 3.05) is 5.32 Å². The highest BCUT2D eigenvalue weighted by molar-refractivity contribution is 5.93. The monoisotopic (exact) mass is 298 g/mol. The first-order valence-corrected chi connectivity index (χ1v) is 7.07. The normalized spacial score (nSPS) is 10.3. The van der Waals surface area contributed by atoms with E-state index in [0.29, 0.717) is 6.42 Å². The highest BCUT2D eigenvalue weighted by atomic mass is 16.6. The van der Waals surface area contributed by atoms with Gasteiger partial charge in [-0.2, -0.15) is 0 Å². The van der Waals surface area contributed by atoms with Crippen LogP contribution in [0.4, 0.5) is 11.4 Å². The number of nitro benzene ring substituents is 1. The summed E-state index contributed by atoms with van der Waals surface area (Å²) in [4.78, 5) is 22.7. The molecule has 0 radical (unpaired) electrons. The van der Waals surface area contributed by atoms with Crippen molar-refractivity contribution in [1.82, 2.24) is 0 Å². The lowest BCUT2D eigenvalue weighted by atomic mass is 10.1. The Morgan fingerprint density at radius 3 is 2.41 bits per heavy atom. The average Bonchev–Trinajstić information content (AvgIpc) is 2.49. The minimum Gasteiger partial charge on any atom is -0.320 e. The van der Waals surface area contributed by atoms with Gasteiger partial charge in [0.25, 0.3) is 5.69 Å². The standard InChI is InChI=1S/C17H18N2O3/c1-12-10-15(16(19(21)22)11-13(12)2)18-17(20)9-8-14-6-4-3-5-7-14/h3-7,10-11H,8-9H2,1-2H3,(H,18,20). The second-order valence-electron chi connectivity index (χ2n) is 5.24. The van der Waals surface area contributed by atoms with Crippen LogP contribution in [-0.4, -0.2) is 10.8 Å². The predicted octanol–water partition coefficient (Wildman–Crippen LogP) is 3.78. The van der Waals surface area contributed by atoms with Crippen molar-refractivity contribution >= 4 is 17.3 Å². The summed E-state index contributed by atoms with van der Waals surface area (Å²) >= 11 is 0. The number of nitro groups is 1. The summed E-state index contributed by atoms with van der Waals surface area (Å²) in [5.41, 5.74) is 2.98. The van der Waals surface area contributed by atoms with Crippen molar-refractivity contribution < 1.29 is 9.72 Å². The number of amides is 1. The van der Waals surface area contributed by atoms with Crippen molar-refractivity contribution in [3.63, 3.8) is 0 Å². The van der Waals surface area contributed by atoms with Crippen LogP contribution >= 0.6 is 0 Å². The molecule has 5 heteroatoms. The molecule has 0 saturated carbocycles. The molecule has 0 fully saturated rings. The maximum atomic E-state index is 12.0. The van der Waals surface area contributed by atoms with Crippen molar-refractivity contribution in [3.05, 3.63) is 69.3 Å². The number of rotatable bonds is 5. The average molecular weight is 298 g/mol. The Morgan fingerprint density at radius 2 is 1.77 bits per heavy atom. The molecule has 0 aliphatic rings. The van der Waals surface area contributed by atoms with Gasteiger partial charge in [-0.25, -0.2) is 0 Å². The first-order valence-electron chi connectivity index (χ1n) is 7.07. The Kier molecular flexibility index (Phi) is 4.88. The zero-order valence-electron chi connectivity index (χ0n) is 12.6. The molecule has 0 heterocycles. The first kappa shape index (κ1) is 15.7. The third-order valence-electron chi connectivity index (χ3n) is 3.57. The molecule has 1 N–H and O–H groups in total. The molecular formula is C17H18N2O3. The molecule has 0 saturated heterocycles. The summed E-state index contributed by atoms with van der Waals surface area (Å²) in [5.74, 6) is -0.227. The number of carbonyl (C=O) groups is 1. The zero-order chi connectivity index (χ0) is 16.1. The first-order chi connectivity index (χ1) is 10.5.